The summed E-state index contributed by atoms with van der Waals surface area (Å²) in [5.41, 5.74) is 9.77. The number of nitrogen functional groups attached to an aromatic ring is 1. The minimum absolute atomic E-state index is 0.268. The van der Waals surface area contributed by atoms with Crippen molar-refractivity contribution in [1.82, 2.24) is 0 Å². The number of hydrogen-bond donors (Lipinski definition) is 2. The number of rotatable bonds is 2. The number of nitrogens with zero attached hydrogens (tertiary/aromatic N) is 1. The second-order valence-electron chi connectivity index (χ2n) is 4.22. The second-order valence-corrected chi connectivity index (χ2v) is 4.22. The quantitative estimate of drug-likeness (QED) is 0.777. The Morgan fingerprint density at radius 2 is 1.65 bits per heavy atom. The number of benzene rings is 2. The molecule has 0 atom stereocenters. The maximum absolute atomic E-state index is 9.30. The molecule has 3 nitrogen and oxygen atoms in total. The Morgan fingerprint density at radius 1 is 1.00 bits per heavy atom. The fourth-order valence-corrected chi connectivity index (χ4v) is 1.82. The van der Waals surface area contributed by atoms with Gasteiger partial charge in [0.05, 0.1) is 0 Å². The van der Waals surface area contributed by atoms with Crippen molar-refractivity contribution in [3.8, 4) is 16.9 Å². The van der Waals surface area contributed by atoms with Gasteiger partial charge in [-0.15, -0.1) is 0 Å². The van der Waals surface area contributed by atoms with Crippen LogP contribution in [-0.2, 0) is 0 Å². The van der Waals surface area contributed by atoms with Crippen molar-refractivity contribution in [3.63, 3.8) is 0 Å². The highest BCUT2D eigenvalue weighted by atomic mass is 16.3. The van der Waals surface area contributed by atoms with E-state index in [1.807, 2.05) is 49.3 Å². The standard InChI is InChI=1S/C14H16N2O/c1-16(2)14-8-5-11(15)9-13(14)10-3-6-12(17)7-4-10/h3-9,17H,15H2,1-2H3. The van der Waals surface area contributed by atoms with E-state index in [0.717, 1.165) is 22.5 Å². The van der Waals surface area contributed by atoms with Gasteiger partial charge in [-0.3, -0.25) is 0 Å². The van der Waals surface area contributed by atoms with E-state index in [4.69, 9.17) is 5.73 Å². The van der Waals surface area contributed by atoms with Crippen LogP contribution in [0.4, 0.5) is 11.4 Å². The smallest absolute Gasteiger partial charge is 0.115 e. The van der Waals surface area contributed by atoms with Gasteiger partial charge in [0, 0.05) is 31.0 Å². The molecule has 0 spiro atoms. The van der Waals surface area contributed by atoms with E-state index in [2.05, 4.69) is 0 Å². The Bertz CT molecular complexity index is 518. The topological polar surface area (TPSA) is 49.5 Å². The summed E-state index contributed by atoms with van der Waals surface area (Å²) in [4.78, 5) is 2.04. The third-order valence-electron chi connectivity index (χ3n) is 2.68. The lowest BCUT2D eigenvalue weighted by molar-refractivity contribution is 0.475. The molecule has 0 fully saturated rings. The van der Waals surface area contributed by atoms with Gasteiger partial charge in [0.15, 0.2) is 0 Å². The first-order chi connectivity index (χ1) is 8.08. The van der Waals surface area contributed by atoms with Crippen molar-refractivity contribution in [2.24, 2.45) is 0 Å². The molecule has 2 aromatic carbocycles. The largest absolute Gasteiger partial charge is 0.508 e. The summed E-state index contributed by atoms with van der Waals surface area (Å²) in [7, 11) is 3.99. The summed E-state index contributed by atoms with van der Waals surface area (Å²) in [6.07, 6.45) is 0. The van der Waals surface area contributed by atoms with Crippen molar-refractivity contribution in [1.29, 1.82) is 0 Å². The van der Waals surface area contributed by atoms with E-state index in [1.165, 1.54) is 0 Å². The van der Waals surface area contributed by atoms with E-state index >= 15 is 0 Å². The van der Waals surface area contributed by atoms with Gasteiger partial charge in [-0.1, -0.05) is 12.1 Å². The monoisotopic (exact) mass is 228 g/mol. The first kappa shape index (κ1) is 11.3. The van der Waals surface area contributed by atoms with Crippen LogP contribution >= 0.6 is 0 Å². The van der Waals surface area contributed by atoms with Crippen molar-refractivity contribution >= 4 is 11.4 Å². The van der Waals surface area contributed by atoms with E-state index in [1.54, 1.807) is 12.1 Å². The van der Waals surface area contributed by atoms with Crippen LogP contribution in [0.1, 0.15) is 0 Å². The number of nitrogens with two attached hydrogens (primary N) is 1. The maximum atomic E-state index is 9.30. The molecule has 2 aromatic rings. The molecule has 2 rings (SSSR count). The molecule has 0 aliphatic rings. The molecule has 0 saturated heterocycles. The van der Waals surface area contributed by atoms with E-state index in [0.29, 0.717) is 0 Å². The van der Waals surface area contributed by atoms with Crippen molar-refractivity contribution in [3.05, 3.63) is 42.5 Å². The summed E-state index contributed by atoms with van der Waals surface area (Å²) in [6, 6.07) is 13.0. The lowest BCUT2D eigenvalue weighted by Crippen LogP contribution is -2.10. The maximum Gasteiger partial charge on any atom is 0.115 e. The van der Waals surface area contributed by atoms with Gasteiger partial charge in [-0.2, -0.15) is 0 Å². The van der Waals surface area contributed by atoms with Crippen LogP contribution in [0.15, 0.2) is 42.5 Å². The Morgan fingerprint density at radius 3 is 2.24 bits per heavy atom. The Labute approximate surface area is 101 Å². The van der Waals surface area contributed by atoms with Crippen LogP contribution in [-0.4, -0.2) is 19.2 Å². The molecular formula is C14H16N2O. The Kier molecular flexibility index (Phi) is 2.91. The van der Waals surface area contributed by atoms with Crippen LogP contribution in [0.3, 0.4) is 0 Å². The zero-order chi connectivity index (χ0) is 12.4. The summed E-state index contributed by atoms with van der Waals surface area (Å²) in [5.74, 6) is 0.268. The second kappa shape index (κ2) is 4.37. The lowest BCUT2D eigenvalue weighted by Gasteiger charge is -2.18. The van der Waals surface area contributed by atoms with Crippen LogP contribution in [0.2, 0.25) is 0 Å². The van der Waals surface area contributed by atoms with Crippen LogP contribution in [0.25, 0.3) is 11.1 Å². The van der Waals surface area contributed by atoms with Crippen molar-refractivity contribution < 1.29 is 5.11 Å². The Hall–Kier alpha value is -2.16. The molecule has 0 saturated carbocycles. The fraction of sp³-hybridized carbons (Fsp3) is 0.143. The van der Waals surface area contributed by atoms with Gasteiger partial charge in [0.25, 0.3) is 0 Å². The van der Waals surface area contributed by atoms with Gasteiger partial charge in [0.1, 0.15) is 5.75 Å². The zero-order valence-electron chi connectivity index (χ0n) is 10.0. The molecule has 0 bridgehead atoms. The average molecular weight is 228 g/mol. The Balaban J connectivity index is 2.56. The van der Waals surface area contributed by atoms with E-state index in [9.17, 15) is 5.11 Å². The summed E-state index contributed by atoms with van der Waals surface area (Å²) >= 11 is 0. The van der Waals surface area contributed by atoms with Gasteiger partial charge >= 0.3 is 0 Å². The summed E-state index contributed by atoms with van der Waals surface area (Å²) in [6.45, 7) is 0. The third-order valence-corrected chi connectivity index (χ3v) is 2.68. The average Bonchev–Trinajstić information content (AvgIpc) is 2.29. The minimum atomic E-state index is 0.268. The zero-order valence-corrected chi connectivity index (χ0v) is 10.0. The van der Waals surface area contributed by atoms with Gasteiger partial charge in [0.2, 0.25) is 0 Å². The van der Waals surface area contributed by atoms with Crippen molar-refractivity contribution in [2.75, 3.05) is 24.7 Å². The molecule has 3 heteroatoms. The highest BCUT2D eigenvalue weighted by Crippen LogP contribution is 2.32. The van der Waals surface area contributed by atoms with Crippen molar-refractivity contribution in [2.45, 2.75) is 0 Å². The van der Waals surface area contributed by atoms with Gasteiger partial charge < -0.3 is 15.7 Å². The van der Waals surface area contributed by atoms with Gasteiger partial charge in [-0.25, -0.2) is 0 Å². The van der Waals surface area contributed by atoms with Gasteiger partial charge in [-0.05, 0) is 35.9 Å². The number of anilines is 2. The first-order valence-corrected chi connectivity index (χ1v) is 5.44. The predicted molar refractivity (Wildman–Crippen MR) is 72.3 cm³/mol. The highest BCUT2D eigenvalue weighted by Gasteiger charge is 2.07. The summed E-state index contributed by atoms with van der Waals surface area (Å²) < 4.78 is 0. The number of phenols is 1. The third kappa shape index (κ3) is 2.33. The molecule has 88 valence electrons. The lowest BCUT2D eigenvalue weighted by atomic mass is 10.0. The molecule has 0 aromatic heterocycles. The number of hydrogen-bond acceptors (Lipinski definition) is 3. The fourth-order valence-electron chi connectivity index (χ4n) is 1.82. The predicted octanol–water partition coefficient (Wildman–Crippen LogP) is 2.71. The molecular weight excluding hydrogens is 212 g/mol. The molecule has 0 amide bonds. The minimum Gasteiger partial charge on any atom is -0.508 e. The van der Waals surface area contributed by atoms with Crippen LogP contribution in [0, 0.1) is 0 Å². The first-order valence-electron chi connectivity index (χ1n) is 5.44. The number of aromatic hydroxyl groups is 1. The molecule has 0 aliphatic heterocycles. The molecule has 0 radical (unpaired) electrons. The molecule has 0 aliphatic carbocycles. The van der Waals surface area contributed by atoms with Crippen LogP contribution < -0.4 is 10.6 Å². The normalized spacial score (nSPS) is 10.2. The van der Waals surface area contributed by atoms with E-state index in [-0.39, 0.29) is 5.75 Å². The SMILES string of the molecule is CN(C)c1ccc(N)cc1-c1ccc(O)cc1. The molecule has 3 N–H and O–H groups in total. The van der Waals surface area contributed by atoms with Crippen LogP contribution in [0.5, 0.6) is 5.75 Å². The van der Waals surface area contributed by atoms with E-state index < -0.39 is 0 Å². The number of phenolic OH excluding ortho intramolecular Hbond substituents is 1. The molecule has 17 heavy (non-hydrogen) atoms. The summed E-state index contributed by atoms with van der Waals surface area (Å²) in [5, 5.41) is 9.30. The molecule has 0 unspecified atom stereocenters. The highest BCUT2D eigenvalue weighted by molar-refractivity contribution is 5.81. The molecule has 0 heterocycles.